The number of anilines is 1. The molecule has 1 aliphatic rings. The minimum absolute atomic E-state index is 0.279. The van der Waals surface area contributed by atoms with Crippen LogP contribution in [0.4, 0.5) is 5.69 Å². The molecule has 0 saturated carbocycles. The van der Waals surface area contributed by atoms with E-state index in [1.165, 1.54) is 19.1 Å². The van der Waals surface area contributed by atoms with Gasteiger partial charge in [0.25, 0.3) is 5.91 Å². The van der Waals surface area contributed by atoms with Gasteiger partial charge in [0, 0.05) is 36.0 Å². The van der Waals surface area contributed by atoms with Crippen LogP contribution in [0.15, 0.2) is 41.5 Å². The number of methoxy groups -OCH3 is 1. The number of hydrazone groups is 1. The first-order valence-electron chi connectivity index (χ1n) is 9.31. The molecule has 0 aromatic heterocycles. The highest BCUT2D eigenvalue weighted by Gasteiger charge is 2.13. The Morgan fingerprint density at radius 1 is 1.21 bits per heavy atom. The summed E-state index contributed by atoms with van der Waals surface area (Å²) in [6.07, 6.45) is 3.92. The number of nitrogens with zero attached hydrogens (tertiary/aromatic N) is 2. The molecule has 1 fully saturated rings. The van der Waals surface area contributed by atoms with Crippen LogP contribution in [-0.2, 0) is 0 Å². The molecule has 0 aliphatic carbocycles. The van der Waals surface area contributed by atoms with Gasteiger partial charge in [0.15, 0.2) is 11.5 Å². The second-order valence-corrected chi connectivity index (χ2v) is 6.80. The minimum Gasteiger partial charge on any atom is -0.493 e. The highest BCUT2D eigenvalue weighted by atomic mass is 35.5. The van der Waals surface area contributed by atoms with Gasteiger partial charge in [0.05, 0.1) is 25.0 Å². The molecule has 1 heterocycles. The zero-order valence-corrected chi connectivity index (χ0v) is 16.8. The van der Waals surface area contributed by atoms with Crippen LogP contribution < -0.4 is 19.8 Å². The van der Waals surface area contributed by atoms with E-state index in [4.69, 9.17) is 21.1 Å². The van der Waals surface area contributed by atoms with Gasteiger partial charge in [-0.3, -0.25) is 4.79 Å². The summed E-state index contributed by atoms with van der Waals surface area (Å²) in [5, 5.41) is 4.47. The van der Waals surface area contributed by atoms with Crippen molar-refractivity contribution in [2.45, 2.75) is 19.8 Å². The lowest BCUT2D eigenvalue weighted by Crippen LogP contribution is -2.19. The number of carbonyl (C=O) groups excluding carboxylic acids is 1. The lowest BCUT2D eigenvalue weighted by atomic mass is 10.2. The van der Waals surface area contributed by atoms with E-state index in [0.717, 1.165) is 18.8 Å². The van der Waals surface area contributed by atoms with Crippen molar-refractivity contribution in [2.24, 2.45) is 5.10 Å². The fourth-order valence-corrected chi connectivity index (χ4v) is 3.30. The molecule has 0 unspecified atom stereocenters. The second-order valence-electron chi connectivity index (χ2n) is 6.40. The molecular weight excluding hydrogens is 378 g/mol. The van der Waals surface area contributed by atoms with Crippen molar-refractivity contribution >= 4 is 29.4 Å². The maximum absolute atomic E-state index is 12.3. The highest BCUT2D eigenvalue weighted by Crippen LogP contribution is 2.32. The third kappa shape index (κ3) is 4.75. The Balaban J connectivity index is 1.64. The minimum atomic E-state index is -0.279. The molecule has 6 nitrogen and oxygen atoms in total. The van der Waals surface area contributed by atoms with E-state index in [-0.39, 0.29) is 5.91 Å². The predicted octanol–water partition coefficient (Wildman–Crippen LogP) is 4.11. The Bertz CT molecular complexity index is 847. The van der Waals surface area contributed by atoms with Crippen LogP contribution in [0.1, 0.15) is 35.7 Å². The van der Waals surface area contributed by atoms with Gasteiger partial charge in [0.2, 0.25) is 0 Å². The molecule has 0 radical (unpaired) electrons. The van der Waals surface area contributed by atoms with Gasteiger partial charge in [-0.05, 0) is 50.1 Å². The average molecular weight is 402 g/mol. The van der Waals surface area contributed by atoms with Crippen molar-refractivity contribution in [3.05, 3.63) is 52.5 Å². The maximum atomic E-state index is 12.3. The smallest absolute Gasteiger partial charge is 0.271 e. The number of hydrogen-bond acceptors (Lipinski definition) is 5. The molecular formula is C21H24ClN3O3. The van der Waals surface area contributed by atoms with Gasteiger partial charge < -0.3 is 14.4 Å². The molecule has 0 atom stereocenters. The van der Waals surface area contributed by atoms with Crippen LogP contribution in [0, 0.1) is 0 Å². The summed E-state index contributed by atoms with van der Waals surface area (Å²) in [7, 11) is 1.56. The molecule has 3 rings (SSSR count). The molecule has 2 aromatic rings. The molecule has 148 valence electrons. The van der Waals surface area contributed by atoms with Gasteiger partial charge >= 0.3 is 0 Å². The maximum Gasteiger partial charge on any atom is 0.271 e. The summed E-state index contributed by atoms with van der Waals surface area (Å²) in [5.41, 5.74) is 4.84. The molecule has 1 aliphatic heterocycles. The fourth-order valence-electron chi connectivity index (χ4n) is 3.10. The number of ether oxygens (including phenoxy) is 2. The normalized spacial score (nSPS) is 13.8. The molecule has 0 bridgehead atoms. The molecule has 2 aromatic carbocycles. The Kier molecular flexibility index (Phi) is 6.76. The first kappa shape index (κ1) is 20.0. The summed E-state index contributed by atoms with van der Waals surface area (Å²) >= 11 is 6.26. The number of halogens is 1. The Hall–Kier alpha value is -2.73. The van der Waals surface area contributed by atoms with E-state index in [0.29, 0.717) is 34.3 Å². The second kappa shape index (κ2) is 9.46. The molecule has 1 N–H and O–H groups in total. The van der Waals surface area contributed by atoms with Crippen LogP contribution in [0.3, 0.4) is 0 Å². The Morgan fingerprint density at radius 3 is 2.57 bits per heavy atom. The lowest BCUT2D eigenvalue weighted by Gasteiger charge is -2.17. The fraction of sp³-hybridized carbons (Fsp3) is 0.333. The van der Waals surface area contributed by atoms with Crippen molar-refractivity contribution in [1.82, 2.24) is 5.43 Å². The van der Waals surface area contributed by atoms with E-state index in [2.05, 4.69) is 15.4 Å². The topological polar surface area (TPSA) is 63.2 Å². The van der Waals surface area contributed by atoms with Crippen LogP contribution in [-0.4, -0.2) is 38.9 Å². The van der Waals surface area contributed by atoms with E-state index in [1.807, 2.05) is 31.2 Å². The number of hydrogen-bond donors (Lipinski definition) is 1. The SMILES string of the molecule is CCOc1cc(Cl)c(/C=N\NC(=O)c2ccc(N3CCCC3)cc2)cc1OC. The number of benzene rings is 2. The molecule has 28 heavy (non-hydrogen) atoms. The van der Waals surface area contributed by atoms with E-state index in [9.17, 15) is 4.79 Å². The van der Waals surface area contributed by atoms with Crippen molar-refractivity contribution in [2.75, 3.05) is 31.7 Å². The van der Waals surface area contributed by atoms with Gasteiger partial charge in [-0.2, -0.15) is 5.10 Å². The first-order valence-corrected chi connectivity index (χ1v) is 9.69. The number of nitrogens with one attached hydrogen (secondary N) is 1. The summed E-state index contributed by atoms with van der Waals surface area (Å²) in [4.78, 5) is 14.6. The number of carbonyl (C=O) groups is 1. The largest absolute Gasteiger partial charge is 0.493 e. The molecule has 7 heteroatoms. The third-order valence-electron chi connectivity index (χ3n) is 4.55. The van der Waals surface area contributed by atoms with Crippen LogP contribution in [0.2, 0.25) is 5.02 Å². The zero-order chi connectivity index (χ0) is 19.9. The number of amides is 1. The Morgan fingerprint density at radius 2 is 1.93 bits per heavy atom. The standard InChI is InChI=1S/C21H24ClN3O3/c1-3-28-20-13-18(22)16(12-19(20)27-2)14-23-24-21(26)15-6-8-17(9-7-15)25-10-4-5-11-25/h6-9,12-14H,3-5,10-11H2,1-2H3,(H,24,26)/b23-14-. The molecule has 1 amide bonds. The molecule has 0 spiro atoms. The van der Waals surface area contributed by atoms with Crippen molar-refractivity contribution in [3.63, 3.8) is 0 Å². The van der Waals surface area contributed by atoms with E-state index >= 15 is 0 Å². The lowest BCUT2D eigenvalue weighted by molar-refractivity contribution is 0.0955. The predicted molar refractivity (Wildman–Crippen MR) is 112 cm³/mol. The van der Waals surface area contributed by atoms with Crippen molar-refractivity contribution < 1.29 is 14.3 Å². The van der Waals surface area contributed by atoms with E-state index < -0.39 is 0 Å². The van der Waals surface area contributed by atoms with Crippen molar-refractivity contribution in [3.8, 4) is 11.5 Å². The first-order chi connectivity index (χ1) is 13.6. The summed E-state index contributed by atoms with van der Waals surface area (Å²) in [6.45, 7) is 4.53. The monoisotopic (exact) mass is 401 g/mol. The van der Waals surface area contributed by atoms with Crippen LogP contribution >= 0.6 is 11.6 Å². The zero-order valence-electron chi connectivity index (χ0n) is 16.1. The quantitative estimate of drug-likeness (QED) is 0.560. The third-order valence-corrected chi connectivity index (χ3v) is 4.88. The van der Waals surface area contributed by atoms with Crippen LogP contribution in [0.5, 0.6) is 11.5 Å². The van der Waals surface area contributed by atoms with Gasteiger partial charge in [0.1, 0.15) is 0 Å². The summed E-state index contributed by atoms with van der Waals surface area (Å²) < 4.78 is 10.8. The number of rotatable bonds is 7. The van der Waals surface area contributed by atoms with Gasteiger partial charge in [-0.25, -0.2) is 5.43 Å². The highest BCUT2D eigenvalue weighted by molar-refractivity contribution is 6.33. The van der Waals surface area contributed by atoms with E-state index in [1.54, 1.807) is 19.2 Å². The summed E-state index contributed by atoms with van der Waals surface area (Å²) in [5.74, 6) is 0.837. The Labute approximate surface area is 170 Å². The van der Waals surface area contributed by atoms with Gasteiger partial charge in [-0.1, -0.05) is 11.6 Å². The molecule has 1 saturated heterocycles. The van der Waals surface area contributed by atoms with Crippen molar-refractivity contribution in [1.29, 1.82) is 0 Å². The summed E-state index contributed by atoms with van der Waals surface area (Å²) in [6, 6.07) is 10.9. The van der Waals surface area contributed by atoms with Crippen LogP contribution in [0.25, 0.3) is 0 Å². The van der Waals surface area contributed by atoms with Gasteiger partial charge in [-0.15, -0.1) is 0 Å². The average Bonchev–Trinajstić information content (AvgIpc) is 3.24.